The first-order chi connectivity index (χ1) is 30.3. The third-order valence-electron chi connectivity index (χ3n) is 14.5. The molecule has 0 radical (unpaired) electrons. The minimum Gasteiger partial charge on any atom is -0.460 e. The molecule has 0 aromatic heterocycles. The molecular formula is C51H81NO12. The molecule has 1 saturated carbocycles. The summed E-state index contributed by atoms with van der Waals surface area (Å²) in [5.41, 5.74) is 1.35. The molecule has 3 fully saturated rings. The van der Waals surface area contributed by atoms with Gasteiger partial charge in [-0.05, 0) is 119 Å². The molecule has 362 valence electrons. The smallest absolute Gasteiger partial charge is 0.329 e. The highest BCUT2D eigenvalue weighted by Gasteiger charge is 2.53. The number of piperidine rings is 1. The number of carbonyl (C=O) groups excluding carboxylic acids is 4. The van der Waals surface area contributed by atoms with Crippen LogP contribution in [0.1, 0.15) is 132 Å². The largest absolute Gasteiger partial charge is 0.460 e. The molecule has 3 N–H and O–H groups in total. The molecule has 64 heavy (non-hydrogen) atoms. The van der Waals surface area contributed by atoms with Crippen LogP contribution in [0.4, 0.5) is 0 Å². The summed E-state index contributed by atoms with van der Waals surface area (Å²) in [5.74, 6) is -6.25. The van der Waals surface area contributed by atoms with E-state index in [2.05, 4.69) is 19.9 Å². The van der Waals surface area contributed by atoms with Crippen LogP contribution in [-0.4, -0.2) is 126 Å². The Morgan fingerprint density at radius 2 is 1.56 bits per heavy atom. The molecule has 0 aromatic rings. The van der Waals surface area contributed by atoms with Crippen LogP contribution in [0, 0.1) is 35.5 Å². The quantitative estimate of drug-likeness (QED) is 0.184. The van der Waals surface area contributed by atoms with Gasteiger partial charge in [-0.15, -0.1) is 0 Å². The molecule has 2 unspecified atom stereocenters. The van der Waals surface area contributed by atoms with Gasteiger partial charge in [0.15, 0.2) is 5.78 Å². The zero-order valence-corrected chi connectivity index (χ0v) is 40.4. The second-order valence-electron chi connectivity index (χ2n) is 19.8. The third kappa shape index (κ3) is 14.5. The van der Waals surface area contributed by atoms with Crippen LogP contribution in [0.15, 0.2) is 47.6 Å². The SMILES string of the molecule is CO[C@H]1C[C@@H]2CC[C@@H](C)[C@@](O)(O2)C(=O)C(=O)N2CCCC[C@H]2C(=O)O[C@H]([C@H](C)CC2CC[C@@H](O)[C@H](OC)C2)CC(=O)C(C)=CC(C)[C@@H](O)[C@@H](OC)C[C@H](C)C[C@H](C)C=CC=CC=C1C. The van der Waals surface area contributed by atoms with Gasteiger partial charge in [-0.25, -0.2) is 4.79 Å². The Morgan fingerprint density at radius 1 is 0.844 bits per heavy atom. The van der Waals surface area contributed by atoms with E-state index in [0.29, 0.717) is 63.4 Å². The molecule has 0 spiro atoms. The minimum absolute atomic E-state index is 0.112. The lowest BCUT2D eigenvalue weighted by Crippen LogP contribution is -2.61. The first-order valence-electron chi connectivity index (χ1n) is 24.0. The molecule has 13 nitrogen and oxygen atoms in total. The number of nitrogens with zero attached hydrogens (tertiary/aromatic N) is 1. The van der Waals surface area contributed by atoms with Gasteiger partial charge in [-0.2, -0.15) is 0 Å². The average molecular weight is 900 g/mol. The second kappa shape index (κ2) is 25.2. The van der Waals surface area contributed by atoms with E-state index >= 15 is 0 Å². The van der Waals surface area contributed by atoms with Gasteiger partial charge in [-0.1, -0.05) is 71.1 Å². The predicted molar refractivity (Wildman–Crippen MR) is 245 cm³/mol. The maximum atomic E-state index is 14.4. The Hall–Kier alpha value is -3.04. The first-order valence-corrected chi connectivity index (χ1v) is 24.0. The molecule has 2 saturated heterocycles. The van der Waals surface area contributed by atoms with Crippen molar-refractivity contribution in [1.29, 1.82) is 0 Å². The molecule has 4 rings (SSSR count). The number of ketones is 2. The maximum absolute atomic E-state index is 14.4. The van der Waals surface area contributed by atoms with E-state index < -0.39 is 71.8 Å². The van der Waals surface area contributed by atoms with E-state index in [-0.39, 0.29) is 61.0 Å². The number of hydrogen-bond donors (Lipinski definition) is 3. The summed E-state index contributed by atoms with van der Waals surface area (Å²) in [6.45, 7) is 13.6. The average Bonchev–Trinajstić information content (AvgIpc) is 3.27. The van der Waals surface area contributed by atoms with Gasteiger partial charge < -0.3 is 43.9 Å². The van der Waals surface area contributed by atoms with Crippen LogP contribution >= 0.6 is 0 Å². The summed E-state index contributed by atoms with van der Waals surface area (Å²) in [5, 5.41) is 33.9. The van der Waals surface area contributed by atoms with Gasteiger partial charge in [0.25, 0.3) is 11.7 Å². The maximum Gasteiger partial charge on any atom is 0.329 e. The van der Waals surface area contributed by atoms with E-state index in [0.717, 1.165) is 18.4 Å². The molecule has 0 aromatic carbocycles. The van der Waals surface area contributed by atoms with Crippen LogP contribution in [0.5, 0.6) is 0 Å². The van der Waals surface area contributed by atoms with Crippen LogP contribution in [0.2, 0.25) is 0 Å². The molecule has 15 atom stereocenters. The standard InChI is InChI=1S/C51H81NO12/c1-31-16-12-11-13-17-33(3)43(60-8)29-39-21-19-37(7)51(59,64-39)48(56)49(57)52-23-15-14-18-40(52)50(58)63-44(35(5)27-38-20-22-41(53)45(28-38)61-9)30-42(54)34(4)26-36(6)47(55)46(62-10)25-32(2)24-31/h11-13,16-17,26,31-32,35-41,43-47,53,55,59H,14-15,18-25,27-30H2,1-10H3/t31-,32-,35-,36?,37-,38?,39+,40+,41-,43+,44+,45-,46+,47-,51-/m1/s1. The summed E-state index contributed by atoms with van der Waals surface area (Å²) in [7, 11) is 4.78. The fraction of sp³-hybridized carbons (Fsp3) is 0.765. The second-order valence-corrected chi connectivity index (χ2v) is 19.8. The number of carbonyl (C=O) groups is 4. The number of methoxy groups -OCH3 is 3. The molecule has 3 heterocycles. The summed E-state index contributed by atoms with van der Waals surface area (Å²) in [6, 6.07) is -1.11. The molecule has 1 amide bonds. The predicted octanol–water partition coefficient (Wildman–Crippen LogP) is 7.00. The summed E-state index contributed by atoms with van der Waals surface area (Å²) in [4.78, 5) is 58.1. The van der Waals surface area contributed by atoms with Crippen molar-refractivity contribution < 1.29 is 58.2 Å². The number of rotatable bonds is 6. The number of cyclic esters (lactones) is 1. The highest BCUT2D eigenvalue weighted by atomic mass is 16.6. The van der Waals surface area contributed by atoms with Crippen molar-refractivity contribution in [1.82, 2.24) is 4.90 Å². The summed E-state index contributed by atoms with van der Waals surface area (Å²) >= 11 is 0. The molecule has 2 bridgehead atoms. The van der Waals surface area contributed by atoms with Crippen LogP contribution in [-0.2, 0) is 42.9 Å². The van der Waals surface area contributed by atoms with Crippen LogP contribution < -0.4 is 0 Å². The third-order valence-corrected chi connectivity index (χ3v) is 14.5. The fourth-order valence-electron chi connectivity index (χ4n) is 10.3. The fourth-order valence-corrected chi connectivity index (χ4v) is 10.3. The number of aliphatic hydroxyl groups excluding tert-OH is 2. The Bertz CT molecular complexity index is 1670. The lowest BCUT2D eigenvalue weighted by molar-refractivity contribution is -0.265. The Kier molecular flexibility index (Phi) is 21.1. The minimum atomic E-state index is -2.41. The van der Waals surface area contributed by atoms with Crippen molar-refractivity contribution in [2.75, 3.05) is 27.9 Å². The lowest BCUT2D eigenvalue weighted by Gasteiger charge is -2.42. The van der Waals surface area contributed by atoms with Crippen molar-refractivity contribution >= 4 is 23.4 Å². The highest BCUT2D eigenvalue weighted by Crippen LogP contribution is 2.38. The van der Waals surface area contributed by atoms with Crippen molar-refractivity contribution in [3.8, 4) is 0 Å². The first kappa shape index (κ1) is 53.6. The van der Waals surface area contributed by atoms with Crippen molar-refractivity contribution in [3.63, 3.8) is 0 Å². The summed E-state index contributed by atoms with van der Waals surface area (Å²) < 4.78 is 29.7. The van der Waals surface area contributed by atoms with Crippen molar-refractivity contribution in [2.24, 2.45) is 35.5 Å². The number of amides is 1. The Balaban J connectivity index is 1.68. The van der Waals surface area contributed by atoms with Crippen LogP contribution in [0.3, 0.4) is 0 Å². The number of hydrogen-bond acceptors (Lipinski definition) is 12. The van der Waals surface area contributed by atoms with E-state index in [4.69, 9.17) is 23.7 Å². The van der Waals surface area contributed by atoms with Gasteiger partial charge in [-0.3, -0.25) is 14.4 Å². The normalized spacial score (nSPS) is 38.2. The lowest BCUT2D eigenvalue weighted by atomic mass is 9.78. The topological polar surface area (TPSA) is 178 Å². The van der Waals surface area contributed by atoms with E-state index in [1.54, 1.807) is 41.3 Å². The van der Waals surface area contributed by atoms with E-state index in [9.17, 15) is 34.5 Å². The highest BCUT2D eigenvalue weighted by molar-refractivity contribution is 6.39. The zero-order valence-electron chi connectivity index (χ0n) is 40.4. The van der Waals surface area contributed by atoms with Gasteiger partial charge in [0.2, 0.25) is 5.79 Å². The van der Waals surface area contributed by atoms with Gasteiger partial charge in [0.1, 0.15) is 12.1 Å². The molecule has 1 aliphatic carbocycles. The van der Waals surface area contributed by atoms with Gasteiger partial charge in [0.05, 0.1) is 36.6 Å². The van der Waals surface area contributed by atoms with Crippen LogP contribution in [0.25, 0.3) is 0 Å². The zero-order chi connectivity index (χ0) is 47.3. The number of ether oxygens (including phenoxy) is 5. The van der Waals surface area contributed by atoms with Crippen molar-refractivity contribution in [3.05, 3.63) is 47.6 Å². The van der Waals surface area contributed by atoms with Gasteiger partial charge >= 0.3 is 5.97 Å². The number of allylic oxidation sites excluding steroid dienone is 6. The molecule has 13 heteroatoms. The van der Waals surface area contributed by atoms with E-state index in [1.165, 1.54) is 4.90 Å². The number of esters is 1. The summed E-state index contributed by atoms with van der Waals surface area (Å²) in [6.07, 6.45) is 14.4. The monoisotopic (exact) mass is 900 g/mol. The number of aliphatic hydroxyl groups is 3. The number of Topliss-reactive ketones (excluding diaryl/α,β-unsaturated/α-hetero) is 2. The molecule has 4 aliphatic rings. The van der Waals surface area contributed by atoms with Crippen molar-refractivity contribution in [2.45, 2.75) is 186 Å². The molecule has 3 aliphatic heterocycles. The Morgan fingerprint density at radius 3 is 2.25 bits per heavy atom. The van der Waals surface area contributed by atoms with Gasteiger partial charge in [0, 0.05) is 52.6 Å². The Labute approximate surface area is 383 Å². The molecular weight excluding hydrogens is 819 g/mol. The number of fused-ring (bicyclic) bond motifs is 3. The van der Waals surface area contributed by atoms with E-state index in [1.807, 2.05) is 45.1 Å².